The first-order chi connectivity index (χ1) is 20.4. The first-order valence-electron chi connectivity index (χ1n) is 14.9. The van der Waals surface area contributed by atoms with Gasteiger partial charge in [0, 0.05) is 73.1 Å². The number of aliphatic hydroxyl groups is 1. The van der Waals surface area contributed by atoms with Crippen LogP contribution in [0.5, 0.6) is 0 Å². The topological polar surface area (TPSA) is 78.7 Å². The second-order valence-electron chi connectivity index (χ2n) is 12.0. The number of fused-ring (bicyclic) bond motifs is 3. The summed E-state index contributed by atoms with van der Waals surface area (Å²) in [6.07, 6.45) is 9.58. The Labute approximate surface area is 250 Å². The van der Waals surface area contributed by atoms with Crippen molar-refractivity contribution in [2.45, 2.75) is 51.0 Å². The molecule has 0 saturated carbocycles. The van der Waals surface area contributed by atoms with Crippen LogP contribution in [0.1, 0.15) is 66.8 Å². The summed E-state index contributed by atoms with van der Waals surface area (Å²) in [7, 11) is 3.88. The third-order valence-corrected chi connectivity index (χ3v) is 10.6. The molecule has 1 N–H and O–H groups in total. The summed E-state index contributed by atoms with van der Waals surface area (Å²) in [5.41, 5.74) is 8.46. The quantitative estimate of drug-likeness (QED) is 0.358. The molecule has 3 aliphatic rings. The van der Waals surface area contributed by atoms with Crippen LogP contribution in [0.15, 0.2) is 53.6 Å². The minimum atomic E-state index is -0.208. The highest BCUT2D eigenvalue weighted by Crippen LogP contribution is 2.40. The average Bonchev–Trinajstić information content (AvgIpc) is 3.38. The minimum Gasteiger partial charge on any atom is -0.392 e. The average molecular weight is 581 g/mol. The predicted octanol–water partition coefficient (Wildman–Crippen LogP) is 4.70. The van der Waals surface area contributed by atoms with Crippen molar-refractivity contribution in [2.24, 2.45) is 7.05 Å². The van der Waals surface area contributed by atoms with E-state index in [1.54, 1.807) is 23.0 Å². The van der Waals surface area contributed by atoms with E-state index in [0.29, 0.717) is 30.0 Å². The van der Waals surface area contributed by atoms with Crippen molar-refractivity contribution in [3.05, 3.63) is 102 Å². The van der Waals surface area contributed by atoms with E-state index in [9.17, 15) is 14.7 Å². The molecular weight excluding hydrogens is 544 g/mol. The standard InChI is InChI=1S/C34H36N4O3S/c1-36-17-24(18-36)21-10-11-25(35-16-21)15-22-14-23(19-37(2)33(22)40)26-7-5-8-30(29(26)20-39)38-13-12-28-27-6-3-4-9-31(27)42-32(28)34(38)41/h5,7-8,10-11,14,16,19,24,39H,3-4,6,9,12-13,15,17-18,20H2,1-2H3. The van der Waals surface area contributed by atoms with E-state index in [4.69, 9.17) is 0 Å². The van der Waals surface area contributed by atoms with Gasteiger partial charge in [0.1, 0.15) is 0 Å². The fraction of sp³-hybridized carbons (Fsp3) is 0.382. The molecule has 0 bridgehead atoms. The highest BCUT2D eigenvalue weighted by Gasteiger charge is 2.33. The van der Waals surface area contributed by atoms with Crippen molar-refractivity contribution in [3.8, 4) is 11.1 Å². The number of anilines is 1. The van der Waals surface area contributed by atoms with Gasteiger partial charge in [-0.05, 0) is 85.2 Å². The molecule has 0 unspecified atom stereocenters. The highest BCUT2D eigenvalue weighted by atomic mass is 32.1. The van der Waals surface area contributed by atoms with Crippen LogP contribution in [0, 0.1) is 0 Å². The van der Waals surface area contributed by atoms with Gasteiger partial charge in [0.25, 0.3) is 11.5 Å². The molecule has 42 heavy (non-hydrogen) atoms. The van der Waals surface area contributed by atoms with Crippen molar-refractivity contribution in [2.75, 3.05) is 31.6 Å². The van der Waals surface area contributed by atoms with Crippen LogP contribution < -0.4 is 10.5 Å². The fourth-order valence-electron chi connectivity index (χ4n) is 6.95. The molecule has 8 heteroatoms. The second kappa shape index (κ2) is 10.9. The fourth-order valence-corrected chi connectivity index (χ4v) is 8.34. The normalized spacial score (nSPS) is 17.2. The summed E-state index contributed by atoms with van der Waals surface area (Å²) in [5, 5.41) is 10.6. The maximum Gasteiger partial charge on any atom is 0.268 e. The molecule has 0 spiro atoms. The lowest BCUT2D eigenvalue weighted by Crippen LogP contribution is -2.41. The first-order valence-corrected chi connectivity index (χ1v) is 15.7. The van der Waals surface area contributed by atoms with Crippen molar-refractivity contribution < 1.29 is 9.90 Å². The van der Waals surface area contributed by atoms with Gasteiger partial charge in [-0.3, -0.25) is 14.6 Å². The van der Waals surface area contributed by atoms with Crippen molar-refractivity contribution in [1.82, 2.24) is 14.5 Å². The number of likely N-dealkylation sites (N-methyl/N-ethyl adjacent to an activating group) is 1. The number of pyridine rings is 2. The van der Waals surface area contributed by atoms with Gasteiger partial charge < -0.3 is 19.5 Å². The first kappa shape index (κ1) is 27.3. The number of carbonyl (C=O) groups is 1. The molecule has 5 heterocycles. The Morgan fingerprint density at radius 2 is 1.86 bits per heavy atom. The molecule has 216 valence electrons. The number of carbonyl (C=O) groups excluding carboxylic acids is 1. The SMILES string of the molecule is CN1CC(c2ccc(Cc3cc(-c4cccc(N5CCc6c(sc7c6CCCC7)C5=O)c4CO)cn(C)c3=O)nc2)C1. The van der Waals surface area contributed by atoms with Gasteiger partial charge in [0.2, 0.25) is 0 Å². The van der Waals surface area contributed by atoms with Crippen molar-refractivity contribution in [1.29, 1.82) is 0 Å². The Kier molecular flexibility index (Phi) is 7.08. The lowest BCUT2D eigenvalue weighted by Gasteiger charge is -2.36. The molecule has 1 amide bonds. The Bertz CT molecular complexity index is 1730. The maximum absolute atomic E-state index is 13.8. The molecule has 1 aliphatic carbocycles. The summed E-state index contributed by atoms with van der Waals surface area (Å²) in [4.78, 5) is 38.0. The Balaban J connectivity index is 1.20. The van der Waals surface area contributed by atoms with Gasteiger partial charge in [-0.25, -0.2) is 0 Å². The van der Waals surface area contributed by atoms with Crippen molar-refractivity contribution >= 4 is 22.9 Å². The monoisotopic (exact) mass is 580 g/mol. The predicted molar refractivity (Wildman–Crippen MR) is 167 cm³/mol. The second-order valence-corrected chi connectivity index (χ2v) is 13.1. The van der Waals surface area contributed by atoms with Crippen LogP contribution in [0.2, 0.25) is 0 Å². The Morgan fingerprint density at radius 1 is 1.02 bits per heavy atom. The Hall–Kier alpha value is -3.59. The van der Waals surface area contributed by atoms with Gasteiger partial charge in [0.15, 0.2) is 0 Å². The van der Waals surface area contributed by atoms with E-state index in [-0.39, 0.29) is 18.1 Å². The van der Waals surface area contributed by atoms with Crippen LogP contribution in [-0.4, -0.2) is 52.1 Å². The van der Waals surface area contributed by atoms with E-state index < -0.39 is 0 Å². The molecule has 1 fully saturated rings. The summed E-state index contributed by atoms with van der Waals surface area (Å²) < 4.78 is 1.60. The Morgan fingerprint density at radius 3 is 2.62 bits per heavy atom. The number of thiophene rings is 1. The minimum absolute atomic E-state index is 0.0340. The third kappa shape index (κ3) is 4.71. The summed E-state index contributed by atoms with van der Waals surface area (Å²) >= 11 is 1.67. The largest absolute Gasteiger partial charge is 0.392 e. The van der Waals surface area contributed by atoms with Gasteiger partial charge in [-0.1, -0.05) is 18.2 Å². The number of hydrogen-bond donors (Lipinski definition) is 1. The number of nitrogens with zero attached hydrogens (tertiary/aromatic N) is 4. The number of likely N-dealkylation sites (tertiary alicyclic amines) is 1. The lowest BCUT2D eigenvalue weighted by molar-refractivity contribution is 0.0984. The molecule has 1 aromatic carbocycles. The van der Waals surface area contributed by atoms with Gasteiger partial charge in [-0.2, -0.15) is 0 Å². The number of aromatic nitrogens is 2. The van der Waals surface area contributed by atoms with E-state index >= 15 is 0 Å². The van der Waals surface area contributed by atoms with Crippen LogP contribution in [-0.2, 0) is 39.3 Å². The summed E-state index contributed by atoms with van der Waals surface area (Å²) in [6.45, 7) is 2.49. The number of benzene rings is 1. The number of aliphatic hydroxyl groups excluding tert-OH is 1. The van der Waals surface area contributed by atoms with E-state index in [1.165, 1.54) is 34.4 Å². The summed E-state index contributed by atoms with van der Waals surface area (Å²) in [5.74, 6) is 0.562. The van der Waals surface area contributed by atoms with Gasteiger partial charge >= 0.3 is 0 Å². The zero-order chi connectivity index (χ0) is 29.0. The number of amides is 1. The third-order valence-electron chi connectivity index (χ3n) is 9.23. The van der Waals surface area contributed by atoms with E-state index in [2.05, 4.69) is 23.0 Å². The summed E-state index contributed by atoms with van der Waals surface area (Å²) in [6, 6.07) is 11.9. The van der Waals surface area contributed by atoms with Crippen LogP contribution in [0.3, 0.4) is 0 Å². The maximum atomic E-state index is 13.8. The van der Waals surface area contributed by atoms with Crippen molar-refractivity contribution in [3.63, 3.8) is 0 Å². The number of hydrogen-bond acceptors (Lipinski definition) is 6. The van der Waals surface area contributed by atoms with E-state index in [0.717, 1.165) is 59.7 Å². The molecular formula is C34H36N4O3S. The molecule has 3 aromatic heterocycles. The molecule has 4 aromatic rings. The molecule has 0 radical (unpaired) electrons. The van der Waals surface area contributed by atoms with Crippen LogP contribution >= 0.6 is 11.3 Å². The zero-order valence-corrected chi connectivity index (χ0v) is 25.0. The molecule has 7 rings (SSSR count). The smallest absolute Gasteiger partial charge is 0.268 e. The molecule has 1 saturated heterocycles. The van der Waals surface area contributed by atoms with Crippen LogP contribution in [0.25, 0.3) is 11.1 Å². The molecule has 7 nitrogen and oxygen atoms in total. The lowest BCUT2D eigenvalue weighted by atomic mass is 9.91. The zero-order valence-electron chi connectivity index (χ0n) is 24.2. The van der Waals surface area contributed by atoms with Crippen LogP contribution in [0.4, 0.5) is 5.69 Å². The molecule has 2 aliphatic heterocycles. The van der Waals surface area contributed by atoms with E-state index in [1.807, 2.05) is 47.6 Å². The van der Waals surface area contributed by atoms with Gasteiger partial charge in [-0.15, -0.1) is 11.3 Å². The van der Waals surface area contributed by atoms with Gasteiger partial charge in [0.05, 0.1) is 17.2 Å². The number of rotatable bonds is 6. The number of aryl methyl sites for hydroxylation is 2. The highest BCUT2D eigenvalue weighted by molar-refractivity contribution is 7.14. The molecule has 0 atom stereocenters.